The van der Waals surface area contributed by atoms with Crippen molar-refractivity contribution in [3.63, 3.8) is 0 Å². The van der Waals surface area contributed by atoms with Crippen LogP contribution in [0.2, 0.25) is 5.02 Å². The lowest BCUT2D eigenvalue weighted by atomic mass is 10.1. The van der Waals surface area contributed by atoms with Crippen molar-refractivity contribution in [3.8, 4) is 5.88 Å². The second-order valence-corrected chi connectivity index (χ2v) is 7.95. The number of alkyl halides is 3. The van der Waals surface area contributed by atoms with Crippen LogP contribution in [0.4, 0.5) is 29.1 Å². The number of aromatic nitrogens is 3. The highest BCUT2D eigenvalue weighted by molar-refractivity contribution is 6.31. The fraction of sp³-hybridized carbons (Fsp3) is 0.273. The van der Waals surface area contributed by atoms with E-state index in [9.17, 15) is 22.4 Å². The Bertz CT molecular complexity index is 1250. The third-order valence-electron chi connectivity index (χ3n) is 5.18. The lowest BCUT2D eigenvalue weighted by Gasteiger charge is -2.16. The molecule has 0 unspecified atom stereocenters. The van der Waals surface area contributed by atoms with E-state index in [1.54, 1.807) is 17.0 Å². The van der Waals surface area contributed by atoms with Crippen molar-refractivity contribution < 1.29 is 27.1 Å². The van der Waals surface area contributed by atoms with Crippen molar-refractivity contribution in [2.24, 2.45) is 0 Å². The van der Waals surface area contributed by atoms with Crippen LogP contribution in [0.3, 0.4) is 0 Å². The van der Waals surface area contributed by atoms with Crippen LogP contribution in [0.1, 0.15) is 12.0 Å². The molecule has 1 aliphatic rings. The van der Waals surface area contributed by atoms with Gasteiger partial charge in [-0.1, -0.05) is 24.2 Å². The molecule has 0 aliphatic carbocycles. The highest BCUT2D eigenvalue weighted by Crippen LogP contribution is 2.33. The van der Waals surface area contributed by atoms with Crippen molar-refractivity contribution in [2.75, 3.05) is 18.4 Å². The lowest BCUT2D eigenvalue weighted by Crippen LogP contribution is -2.29. The number of pyridine rings is 1. The SMILES string of the molecule is C=CC(=O)N1CC[C@H](Oc2ccc3ncnc(Nc4ccc(CC(F)(F)F)c(Cl)c4F)c3n2)C1. The molecule has 0 bridgehead atoms. The maximum absolute atomic E-state index is 14.7. The number of ether oxygens (including phenoxy) is 1. The minimum atomic E-state index is -4.52. The predicted octanol–water partition coefficient (Wildman–Crippen LogP) is 4.83. The third kappa shape index (κ3) is 5.19. The Morgan fingerprint density at radius 1 is 1.29 bits per heavy atom. The second-order valence-electron chi connectivity index (χ2n) is 7.57. The molecule has 1 N–H and O–H groups in total. The van der Waals surface area contributed by atoms with E-state index < -0.39 is 23.4 Å². The monoisotopic (exact) mass is 495 g/mol. The molecule has 0 saturated carbocycles. The van der Waals surface area contributed by atoms with Crippen LogP contribution in [-0.2, 0) is 11.2 Å². The van der Waals surface area contributed by atoms with Crippen molar-refractivity contribution in [1.29, 1.82) is 0 Å². The molecular weight excluding hydrogens is 478 g/mol. The third-order valence-corrected chi connectivity index (χ3v) is 5.59. The molecule has 1 amide bonds. The summed E-state index contributed by atoms with van der Waals surface area (Å²) in [7, 11) is 0. The van der Waals surface area contributed by atoms with Crippen LogP contribution < -0.4 is 10.1 Å². The lowest BCUT2D eigenvalue weighted by molar-refractivity contribution is -0.127. The van der Waals surface area contributed by atoms with Gasteiger partial charge in [-0.3, -0.25) is 4.79 Å². The summed E-state index contributed by atoms with van der Waals surface area (Å²) in [5.41, 5.74) is 0.143. The molecule has 1 fully saturated rings. The molecule has 178 valence electrons. The van der Waals surface area contributed by atoms with Gasteiger partial charge >= 0.3 is 6.18 Å². The van der Waals surface area contributed by atoms with Crippen molar-refractivity contribution in [1.82, 2.24) is 19.9 Å². The number of carbonyl (C=O) groups excluding carboxylic acids is 1. The summed E-state index contributed by atoms with van der Waals surface area (Å²) in [6.07, 6.45) is -3.05. The summed E-state index contributed by atoms with van der Waals surface area (Å²) in [4.78, 5) is 26.0. The Morgan fingerprint density at radius 2 is 2.09 bits per heavy atom. The maximum atomic E-state index is 14.7. The van der Waals surface area contributed by atoms with Gasteiger partial charge in [-0.2, -0.15) is 13.2 Å². The highest BCUT2D eigenvalue weighted by Gasteiger charge is 2.30. The first-order chi connectivity index (χ1) is 16.1. The number of hydrogen-bond donors (Lipinski definition) is 1. The highest BCUT2D eigenvalue weighted by atomic mass is 35.5. The van der Waals surface area contributed by atoms with Gasteiger partial charge in [-0.05, 0) is 23.8 Å². The van der Waals surface area contributed by atoms with Crippen molar-refractivity contribution in [2.45, 2.75) is 25.1 Å². The molecule has 1 saturated heterocycles. The maximum Gasteiger partial charge on any atom is 0.393 e. The smallest absolute Gasteiger partial charge is 0.393 e. The van der Waals surface area contributed by atoms with Crippen LogP contribution >= 0.6 is 11.6 Å². The molecule has 3 heterocycles. The minimum Gasteiger partial charge on any atom is -0.472 e. The van der Waals surface area contributed by atoms with Crippen molar-refractivity contribution in [3.05, 3.63) is 59.7 Å². The molecule has 2 aromatic heterocycles. The predicted molar refractivity (Wildman–Crippen MR) is 118 cm³/mol. The zero-order chi connectivity index (χ0) is 24.5. The average molecular weight is 496 g/mol. The van der Waals surface area contributed by atoms with Crippen LogP contribution in [0.15, 0.2) is 43.2 Å². The minimum absolute atomic E-state index is 0.115. The fourth-order valence-corrected chi connectivity index (χ4v) is 3.80. The number of rotatable bonds is 6. The Labute approximate surface area is 196 Å². The quantitative estimate of drug-likeness (QED) is 0.390. The molecule has 0 spiro atoms. The van der Waals surface area contributed by atoms with Crippen LogP contribution in [0, 0.1) is 5.82 Å². The first-order valence-corrected chi connectivity index (χ1v) is 10.5. The molecule has 1 aromatic carbocycles. The molecule has 1 atom stereocenters. The number of likely N-dealkylation sites (tertiary alicyclic amines) is 1. The van der Waals surface area contributed by atoms with Crippen LogP contribution in [0.25, 0.3) is 11.0 Å². The van der Waals surface area contributed by atoms with E-state index in [4.69, 9.17) is 16.3 Å². The number of amides is 1. The number of benzene rings is 1. The Hall–Kier alpha value is -3.47. The van der Waals surface area contributed by atoms with Gasteiger partial charge < -0.3 is 15.0 Å². The first-order valence-electron chi connectivity index (χ1n) is 10.1. The standard InChI is InChI=1S/C22H18ClF4N5O2/c1-2-17(33)32-8-7-13(10-32)34-16-6-5-15-20(31-16)21(29-11-28-15)30-14-4-3-12(9-22(25,26)27)18(23)19(14)24/h2-6,11,13H,1,7-10H2,(H,28,29,30)/t13-/m0/s1. The number of anilines is 2. The summed E-state index contributed by atoms with van der Waals surface area (Å²) in [5, 5.41) is 2.10. The van der Waals surface area contributed by atoms with Gasteiger partial charge in [0.05, 0.1) is 29.2 Å². The van der Waals surface area contributed by atoms with Gasteiger partial charge in [0.2, 0.25) is 11.8 Å². The van der Waals surface area contributed by atoms with E-state index in [2.05, 4.69) is 26.8 Å². The summed E-state index contributed by atoms with van der Waals surface area (Å²) in [6, 6.07) is 5.51. The summed E-state index contributed by atoms with van der Waals surface area (Å²) >= 11 is 5.84. The molecule has 4 rings (SSSR count). The zero-order valence-corrected chi connectivity index (χ0v) is 18.3. The Balaban J connectivity index is 1.57. The van der Waals surface area contributed by atoms with E-state index in [1.807, 2.05) is 0 Å². The van der Waals surface area contributed by atoms with Gasteiger partial charge in [0.1, 0.15) is 17.9 Å². The summed E-state index contributed by atoms with van der Waals surface area (Å²) in [5.74, 6) is -0.855. The number of hydrogen-bond acceptors (Lipinski definition) is 6. The van der Waals surface area contributed by atoms with Gasteiger partial charge in [0, 0.05) is 19.0 Å². The molecule has 34 heavy (non-hydrogen) atoms. The molecule has 3 aromatic rings. The fourth-order valence-electron chi connectivity index (χ4n) is 3.57. The number of fused-ring (bicyclic) bond motifs is 1. The summed E-state index contributed by atoms with van der Waals surface area (Å²) in [6.45, 7) is 4.39. The van der Waals surface area contributed by atoms with Crippen LogP contribution in [-0.4, -0.2) is 51.1 Å². The van der Waals surface area contributed by atoms with Gasteiger partial charge in [0.15, 0.2) is 11.6 Å². The molecule has 1 aliphatic heterocycles. The Kier molecular flexibility index (Phi) is 6.56. The average Bonchev–Trinajstić information content (AvgIpc) is 3.26. The van der Waals surface area contributed by atoms with E-state index in [0.29, 0.717) is 25.0 Å². The normalized spacial score (nSPS) is 16.0. The van der Waals surface area contributed by atoms with Gasteiger partial charge in [0.25, 0.3) is 0 Å². The first kappa shape index (κ1) is 23.7. The molecule has 12 heteroatoms. The number of carbonyl (C=O) groups is 1. The number of nitrogens with one attached hydrogen (secondary N) is 1. The van der Waals surface area contributed by atoms with Crippen molar-refractivity contribution >= 4 is 40.0 Å². The number of nitrogens with zero attached hydrogens (tertiary/aromatic N) is 4. The van der Waals surface area contributed by atoms with E-state index >= 15 is 0 Å². The second kappa shape index (κ2) is 9.41. The largest absolute Gasteiger partial charge is 0.472 e. The van der Waals surface area contributed by atoms with E-state index in [-0.39, 0.29) is 40.5 Å². The van der Waals surface area contributed by atoms with Crippen LogP contribution in [0.5, 0.6) is 5.88 Å². The number of halogens is 5. The summed E-state index contributed by atoms with van der Waals surface area (Å²) < 4.78 is 58.6. The van der Waals surface area contributed by atoms with Gasteiger partial charge in [-0.15, -0.1) is 0 Å². The molecule has 7 nitrogen and oxygen atoms in total. The topological polar surface area (TPSA) is 80.2 Å². The van der Waals surface area contributed by atoms with Gasteiger partial charge in [-0.25, -0.2) is 19.3 Å². The zero-order valence-electron chi connectivity index (χ0n) is 17.6. The van der Waals surface area contributed by atoms with E-state index in [0.717, 1.165) is 12.1 Å². The molecule has 0 radical (unpaired) electrons. The molecular formula is C22H18ClF4N5O2. The Morgan fingerprint density at radius 3 is 2.82 bits per heavy atom. The van der Waals surface area contributed by atoms with E-state index in [1.165, 1.54) is 12.4 Å².